The highest BCUT2D eigenvalue weighted by atomic mass is 16.6. The van der Waals surface area contributed by atoms with E-state index in [0.29, 0.717) is 6.10 Å². The Hall–Kier alpha value is -0.120. The Balaban J connectivity index is 1.57. The van der Waals surface area contributed by atoms with Gasteiger partial charge in [-0.1, -0.05) is 6.92 Å². The number of epoxide rings is 1. The molecule has 0 amide bonds. The van der Waals surface area contributed by atoms with E-state index >= 15 is 0 Å². The molecule has 3 heteroatoms. The van der Waals surface area contributed by atoms with Crippen molar-refractivity contribution in [2.45, 2.75) is 13.0 Å². The zero-order valence-corrected chi connectivity index (χ0v) is 6.84. The first-order valence-corrected chi connectivity index (χ1v) is 4.06. The van der Waals surface area contributed by atoms with E-state index in [1.165, 1.54) is 0 Å². The van der Waals surface area contributed by atoms with Crippen LogP contribution in [-0.2, 0) is 14.2 Å². The molecule has 11 heavy (non-hydrogen) atoms. The smallest absolute Gasteiger partial charge is 0.104 e. The quantitative estimate of drug-likeness (QED) is 0.556. The molecular formula is C8H14O3. The Bertz CT molecular complexity index is 138. The first-order chi connectivity index (χ1) is 5.29. The molecule has 0 unspecified atom stereocenters. The van der Waals surface area contributed by atoms with Crippen LogP contribution in [0.4, 0.5) is 0 Å². The van der Waals surface area contributed by atoms with Crippen molar-refractivity contribution in [1.82, 2.24) is 0 Å². The molecule has 64 valence electrons. The summed E-state index contributed by atoms with van der Waals surface area (Å²) in [5.74, 6) is 0. The maximum Gasteiger partial charge on any atom is 0.104 e. The highest BCUT2D eigenvalue weighted by Gasteiger charge is 2.34. The summed E-state index contributed by atoms with van der Waals surface area (Å²) in [5, 5.41) is 0. The summed E-state index contributed by atoms with van der Waals surface area (Å²) in [6.07, 6.45) is 0.389. The van der Waals surface area contributed by atoms with Crippen LogP contribution in [0, 0.1) is 5.41 Å². The van der Waals surface area contributed by atoms with Gasteiger partial charge in [0.25, 0.3) is 0 Å². The molecule has 3 nitrogen and oxygen atoms in total. The van der Waals surface area contributed by atoms with Gasteiger partial charge in [-0.25, -0.2) is 0 Å². The van der Waals surface area contributed by atoms with Crippen molar-refractivity contribution < 1.29 is 14.2 Å². The maximum atomic E-state index is 5.46. The molecule has 2 aliphatic heterocycles. The summed E-state index contributed by atoms with van der Waals surface area (Å²) in [4.78, 5) is 0. The lowest BCUT2D eigenvalue weighted by Gasteiger charge is -2.37. The van der Waals surface area contributed by atoms with Crippen molar-refractivity contribution >= 4 is 0 Å². The van der Waals surface area contributed by atoms with E-state index in [1.54, 1.807) is 0 Å². The van der Waals surface area contributed by atoms with Gasteiger partial charge in [-0.2, -0.15) is 0 Å². The second-order valence-corrected chi connectivity index (χ2v) is 3.77. The van der Waals surface area contributed by atoms with E-state index in [2.05, 4.69) is 6.92 Å². The molecule has 0 aromatic heterocycles. The lowest BCUT2D eigenvalue weighted by molar-refractivity contribution is -0.138. The molecule has 0 spiro atoms. The van der Waals surface area contributed by atoms with Crippen LogP contribution in [0.5, 0.6) is 0 Å². The second kappa shape index (κ2) is 2.73. The molecule has 0 aromatic rings. The fourth-order valence-corrected chi connectivity index (χ4v) is 1.13. The van der Waals surface area contributed by atoms with Crippen molar-refractivity contribution in [3.05, 3.63) is 0 Å². The summed E-state index contributed by atoms with van der Waals surface area (Å²) < 4.78 is 15.6. The van der Waals surface area contributed by atoms with Crippen molar-refractivity contribution in [2.24, 2.45) is 5.41 Å². The minimum Gasteiger partial charge on any atom is -0.380 e. The third-order valence-electron chi connectivity index (χ3n) is 2.06. The Labute approximate surface area is 66.6 Å². The molecule has 0 aromatic carbocycles. The molecule has 1 atom stereocenters. The summed E-state index contributed by atoms with van der Waals surface area (Å²) in [6, 6.07) is 0. The van der Waals surface area contributed by atoms with Gasteiger partial charge in [-0.15, -0.1) is 0 Å². The Kier molecular flexibility index (Phi) is 1.87. The average Bonchev–Trinajstić information content (AvgIpc) is 2.68. The van der Waals surface area contributed by atoms with Crippen LogP contribution in [-0.4, -0.2) is 39.1 Å². The van der Waals surface area contributed by atoms with E-state index in [0.717, 1.165) is 33.0 Å². The number of hydrogen-bond donors (Lipinski definition) is 0. The third-order valence-corrected chi connectivity index (χ3v) is 2.06. The molecule has 0 saturated carbocycles. The van der Waals surface area contributed by atoms with E-state index in [9.17, 15) is 0 Å². The molecule has 0 aliphatic carbocycles. The summed E-state index contributed by atoms with van der Waals surface area (Å²) in [7, 11) is 0. The van der Waals surface area contributed by atoms with Crippen molar-refractivity contribution in [3.63, 3.8) is 0 Å². The van der Waals surface area contributed by atoms with Crippen LogP contribution in [0.25, 0.3) is 0 Å². The number of ether oxygens (including phenoxy) is 3. The first-order valence-electron chi connectivity index (χ1n) is 4.06. The fourth-order valence-electron chi connectivity index (χ4n) is 1.13. The normalized spacial score (nSPS) is 33.0. The molecule has 0 radical (unpaired) electrons. The average molecular weight is 158 g/mol. The highest BCUT2D eigenvalue weighted by Crippen LogP contribution is 2.26. The van der Waals surface area contributed by atoms with E-state index in [4.69, 9.17) is 14.2 Å². The van der Waals surface area contributed by atoms with E-state index in [-0.39, 0.29) is 5.41 Å². The van der Waals surface area contributed by atoms with Crippen LogP contribution in [0.15, 0.2) is 0 Å². The summed E-state index contributed by atoms with van der Waals surface area (Å²) >= 11 is 0. The van der Waals surface area contributed by atoms with Gasteiger partial charge in [-0.3, -0.25) is 0 Å². The predicted octanol–water partition coefficient (Wildman–Crippen LogP) is 0.438. The van der Waals surface area contributed by atoms with Crippen LogP contribution in [0.1, 0.15) is 6.92 Å². The summed E-state index contributed by atoms with van der Waals surface area (Å²) in [5.41, 5.74) is 0.287. The minimum absolute atomic E-state index is 0.287. The number of rotatable bonds is 4. The van der Waals surface area contributed by atoms with Gasteiger partial charge in [0.1, 0.15) is 6.10 Å². The van der Waals surface area contributed by atoms with Gasteiger partial charge < -0.3 is 14.2 Å². The minimum atomic E-state index is 0.287. The van der Waals surface area contributed by atoms with Crippen molar-refractivity contribution in [1.29, 1.82) is 0 Å². The van der Waals surface area contributed by atoms with Crippen molar-refractivity contribution in [2.75, 3.05) is 33.0 Å². The zero-order chi connectivity index (χ0) is 7.73. The van der Waals surface area contributed by atoms with Crippen LogP contribution >= 0.6 is 0 Å². The molecule has 2 fully saturated rings. The Morgan fingerprint density at radius 2 is 2.27 bits per heavy atom. The van der Waals surface area contributed by atoms with Gasteiger partial charge >= 0.3 is 0 Å². The number of hydrogen-bond acceptors (Lipinski definition) is 3. The van der Waals surface area contributed by atoms with Gasteiger partial charge in [0, 0.05) is 5.41 Å². The summed E-state index contributed by atoms with van der Waals surface area (Å²) in [6.45, 7) is 6.33. The van der Waals surface area contributed by atoms with Crippen LogP contribution in [0.3, 0.4) is 0 Å². The standard InChI is InChI=1S/C8H14O3/c1-8(5-10-6-8)4-9-2-7-3-11-7/h7H,2-6H2,1H3/t7-/m1/s1. The Morgan fingerprint density at radius 1 is 1.55 bits per heavy atom. The first kappa shape index (κ1) is 7.53. The predicted molar refractivity (Wildman–Crippen MR) is 39.5 cm³/mol. The fraction of sp³-hybridized carbons (Fsp3) is 1.00. The SMILES string of the molecule is CC1(COC[C@@H]2CO2)COC1. The zero-order valence-electron chi connectivity index (χ0n) is 6.84. The maximum absolute atomic E-state index is 5.46. The van der Waals surface area contributed by atoms with Crippen molar-refractivity contribution in [3.8, 4) is 0 Å². The molecule has 0 N–H and O–H groups in total. The van der Waals surface area contributed by atoms with Gasteiger partial charge in [0.2, 0.25) is 0 Å². The molecule has 2 rings (SSSR count). The monoisotopic (exact) mass is 158 g/mol. The topological polar surface area (TPSA) is 31.0 Å². The van der Waals surface area contributed by atoms with Gasteiger partial charge in [0.15, 0.2) is 0 Å². The second-order valence-electron chi connectivity index (χ2n) is 3.77. The van der Waals surface area contributed by atoms with Gasteiger partial charge in [-0.05, 0) is 0 Å². The molecular weight excluding hydrogens is 144 g/mol. The van der Waals surface area contributed by atoms with Crippen LogP contribution < -0.4 is 0 Å². The largest absolute Gasteiger partial charge is 0.380 e. The molecule has 2 heterocycles. The van der Waals surface area contributed by atoms with E-state index < -0.39 is 0 Å². The third kappa shape index (κ3) is 1.92. The molecule has 0 bridgehead atoms. The van der Waals surface area contributed by atoms with Gasteiger partial charge in [0.05, 0.1) is 33.0 Å². The lowest BCUT2D eigenvalue weighted by atomic mass is 9.90. The van der Waals surface area contributed by atoms with Crippen LogP contribution in [0.2, 0.25) is 0 Å². The molecule has 2 aliphatic rings. The molecule has 2 saturated heterocycles. The lowest BCUT2D eigenvalue weighted by Crippen LogP contribution is -2.43. The Morgan fingerprint density at radius 3 is 2.73 bits per heavy atom. The highest BCUT2D eigenvalue weighted by molar-refractivity contribution is 4.80. The van der Waals surface area contributed by atoms with E-state index in [1.807, 2.05) is 0 Å².